The largest absolute Gasteiger partial charge is 0.462 e. The number of aromatic amines is 1. The zero-order valence-electron chi connectivity index (χ0n) is 19.9. The molecule has 2 aromatic heterocycles. The van der Waals surface area contributed by atoms with Crippen molar-refractivity contribution in [1.29, 1.82) is 0 Å². The van der Waals surface area contributed by atoms with Crippen molar-refractivity contribution in [3.05, 3.63) is 63.8 Å². The summed E-state index contributed by atoms with van der Waals surface area (Å²) in [5.41, 5.74) is 2.82. The highest BCUT2D eigenvalue weighted by Gasteiger charge is 2.25. The first-order valence-corrected chi connectivity index (χ1v) is 11.8. The van der Waals surface area contributed by atoms with Gasteiger partial charge in [0.25, 0.3) is 5.91 Å². The fourth-order valence-corrected chi connectivity index (χ4v) is 4.49. The monoisotopic (exact) mass is 498 g/mol. The minimum atomic E-state index is -0.793. The fraction of sp³-hybridized carbons (Fsp3) is 0.280. The van der Waals surface area contributed by atoms with E-state index < -0.39 is 30.4 Å². The summed E-state index contributed by atoms with van der Waals surface area (Å²) in [5, 5.41) is 4.68. The molecule has 0 unspecified atom stereocenters. The van der Waals surface area contributed by atoms with Crippen LogP contribution in [0.25, 0.3) is 11.1 Å². The first-order valence-electron chi connectivity index (χ1n) is 11.0. The lowest BCUT2D eigenvalue weighted by Gasteiger charge is -2.09. The number of ether oxygens (including phenoxy) is 3. The lowest BCUT2D eigenvalue weighted by Crippen LogP contribution is -2.22. The molecule has 0 radical (unpaired) electrons. The van der Waals surface area contributed by atoms with Crippen LogP contribution in [0.15, 0.2) is 35.7 Å². The van der Waals surface area contributed by atoms with E-state index in [0.717, 1.165) is 5.56 Å². The fourth-order valence-electron chi connectivity index (χ4n) is 3.52. The summed E-state index contributed by atoms with van der Waals surface area (Å²) in [6.45, 7) is 6.40. The van der Waals surface area contributed by atoms with E-state index in [-0.39, 0.29) is 30.0 Å². The molecule has 9 nitrogen and oxygen atoms in total. The number of nitrogens with one attached hydrogen (secondary N) is 2. The lowest BCUT2D eigenvalue weighted by molar-refractivity contribution is -0.119. The SMILES string of the molecule is CCOC(=O)c1c(-c2ccccc2)csc1NC(=O)COC(=O)c1[nH]c(C)c(C(=O)OCC)c1C. The minimum absolute atomic E-state index is 0.0630. The van der Waals surface area contributed by atoms with Gasteiger partial charge in [0.1, 0.15) is 16.3 Å². The van der Waals surface area contributed by atoms with Gasteiger partial charge >= 0.3 is 17.9 Å². The second kappa shape index (κ2) is 11.5. The molecule has 0 spiro atoms. The maximum absolute atomic E-state index is 12.6. The Kier molecular flexibility index (Phi) is 8.43. The van der Waals surface area contributed by atoms with Crippen molar-refractivity contribution in [3.63, 3.8) is 0 Å². The Morgan fingerprint density at radius 2 is 1.51 bits per heavy atom. The zero-order chi connectivity index (χ0) is 25.5. The predicted octanol–water partition coefficient (Wildman–Crippen LogP) is 4.51. The number of esters is 3. The quantitative estimate of drug-likeness (QED) is 0.329. The molecule has 1 amide bonds. The van der Waals surface area contributed by atoms with Gasteiger partial charge in [0, 0.05) is 16.6 Å². The number of aryl methyl sites for hydroxylation is 1. The number of anilines is 1. The summed E-state index contributed by atoms with van der Waals surface area (Å²) in [7, 11) is 0. The molecule has 2 N–H and O–H groups in total. The van der Waals surface area contributed by atoms with Crippen molar-refractivity contribution < 1.29 is 33.4 Å². The first kappa shape index (κ1) is 25.7. The second-order valence-corrected chi connectivity index (χ2v) is 8.29. The molecule has 0 aliphatic carbocycles. The molecule has 3 rings (SSSR count). The van der Waals surface area contributed by atoms with Gasteiger partial charge in [0.2, 0.25) is 0 Å². The van der Waals surface area contributed by atoms with Crippen LogP contribution in [-0.2, 0) is 19.0 Å². The molecule has 0 saturated heterocycles. The standard InChI is InChI=1S/C25H26N2O7S/c1-5-32-23(29)19-14(3)21(26-15(19)4)25(31)34-12-18(28)27-22-20(24(30)33-6-2)17(13-35-22)16-10-8-7-9-11-16/h7-11,13,26H,5-6,12H2,1-4H3,(H,27,28). The van der Waals surface area contributed by atoms with E-state index in [2.05, 4.69) is 10.3 Å². The van der Waals surface area contributed by atoms with Crippen LogP contribution in [0, 0.1) is 13.8 Å². The third-order valence-electron chi connectivity index (χ3n) is 5.06. The first-order chi connectivity index (χ1) is 16.8. The third-order valence-corrected chi connectivity index (χ3v) is 5.96. The number of hydrogen-bond donors (Lipinski definition) is 2. The van der Waals surface area contributed by atoms with Crippen LogP contribution < -0.4 is 5.32 Å². The number of carbonyl (C=O) groups is 4. The van der Waals surface area contributed by atoms with E-state index in [0.29, 0.717) is 21.8 Å². The van der Waals surface area contributed by atoms with Crippen LogP contribution in [0.3, 0.4) is 0 Å². The molecule has 2 heterocycles. The second-order valence-electron chi connectivity index (χ2n) is 7.41. The number of thiophene rings is 1. The average molecular weight is 499 g/mol. The number of benzene rings is 1. The van der Waals surface area contributed by atoms with Crippen molar-refractivity contribution in [3.8, 4) is 11.1 Å². The van der Waals surface area contributed by atoms with Gasteiger partial charge in [0.05, 0.1) is 18.8 Å². The number of hydrogen-bond acceptors (Lipinski definition) is 8. The number of H-pyrrole nitrogens is 1. The van der Waals surface area contributed by atoms with Crippen LogP contribution in [-0.4, -0.2) is 48.6 Å². The van der Waals surface area contributed by atoms with Crippen molar-refractivity contribution >= 4 is 40.2 Å². The maximum atomic E-state index is 12.6. The van der Waals surface area contributed by atoms with Gasteiger partial charge in [-0.05, 0) is 38.8 Å². The van der Waals surface area contributed by atoms with Gasteiger partial charge in [0.15, 0.2) is 6.61 Å². The molecule has 0 aliphatic heterocycles. The lowest BCUT2D eigenvalue weighted by atomic mass is 10.0. The highest BCUT2D eigenvalue weighted by atomic mass is 32.1. The van der Waals surface area contributed by atoms with Gasteiger partial charge in [-0.3, -0.25) is 4.79 Å². The Balaban J connectivity index is 1.73. The number of carbonyl (C=O) groups excluding carboxylic acids is 4. The van der Waals surface area contributed by atoms with Gasteiger partial charge < -0.3 is 24.5 Å². The summed E-state index contributed by atoms with van der Waals surface area (Å²) in [5.74, 6) is -2.53. The van der Waals surface area contributed by atoms with Crippen LogP contribution >= 0.6 is 11.3 Å². The van der Waals surface area contributed by atoms with E-state index in [1.54, 1.807) is 33.1 Å². The van der Waals surface area contributed by atoms with E-state index >= 15 is 0 Å². The molecule has 1 aromatic carbocycles. The smallest absolute Gasteiger partial charge is 0.355 e. The molecule has 35 heavy (non-hydrogen) atoms. The molecule has 3 aromatic rings. The van der Waals surface area contributed by atoms with Crippen LogP contribution in [0.2, 0.25) is 0 Å². The average Bonchev–Trinajstić information content (AvgIpc) is 3.38. The van der Waals surface area contributed by atoms with Gasteiger partial charge in [-0.15, -0.1) is 11.3 Å². The van der Waals surface area contributed by atoms with Crippen LogP contribution in [0.1, 0.15) is 56.3 Å². The number of rotatable bonds is 9. The summed E-state index contributed by atoms with van der Waals surface area (Å²) in [6.07, 6.45) is 0. The molecule has 0 bridgehead atoms. The van der Waals surface area contributed by atoms with E-state index in [4.69, 9.17) is 14.2 Å². The van der Waals surface area contributed by atoms with Crippen LogP contribution in [0.4, 0.5) is 5.00 Å². The minimum Gasteiger partial charge on any atom is -0.462 e. The highest BCUT2D eigenvalue weighted by Crippen LogP contribution is 2.36. The van der Waals surface area contributed by atoms with Gasteiger partial charge in [-0.2, -0.15) is 0 Å². The predicted molar refractivity (Wildman–Crippen MR) is 131 cm³/mol. The van der Waals surface area contributed by atoms with E-state index in [9.17, 15) is 19.2 Å². The summed E-state index contributed by atoms with van der Waals surface area (Å²) >= 11 is 1.17. The molecular formula is C25H26N2O7S. The molecule has 10 heteroatoms. The summed E-state index contributed by atoms with van der Waals surface area (Å²) in [4.78, 5) is 52.7. The van der Waals surface area contributed by atoms with Crippen molar-refractivity contribution in [1.82, 2.24) is 4.98 Å². The Labute approximate surface area is 206 Å². The molecular weight excluding hydrogens is 472 g/mol. The zero-order valence-corrected chi connectivity index (χ0v) is 20.7. The molecule has 0 saturated carbocycles. The number of amides is 1. The van der Waals surface area contributed by atoms with Gasteiger partial charge in [-0.25, -0.2) is 14.4 Å². The molecule has 0 fully saturated rings. The Morgan fingerprint density at radius 1 is 0.886 bits per heavy atom. The number of aromatic nitrogens is 1. The molecule has 0 aliphatic rings. The molecule has 184 valence electrons. The summed E-state index contributed by atoms with van der Waals surface area (Å²) in [6, 6.07) is 9.25. The maximum Gasteiger partial charge on any atom is 0.355 e. The van der Waals surface area contributed by atoms with E-state index in [1.165, 1.54) is 11.3 Å². The van der Waals surface area contributed by atoms with Crippen molar-refractivity contribution in [2.45, 2.75) is 27.7 Å². The van der Waals surface area contributed by atoms with Crippen LogP contribution in [0.5, 0.6) is 0 Å². The Hall–Kier alpha value is -3.92. The molecule has 0 atom stereocenters. The van der Waals surface area contributed by atoms with Gasteiger partial charge in [-0.1, -0.05) is 30.3 Å². The highest BCUT2D eigenvalue weighted by molar-refractivity contribution is 7.15. The Morgan fingerprint density at radius 3 is 2.14 bits per heavy atom. The third kappa shape index (κ3) is 5.78. The Bertz CT molecular complexity index is 1240. The van der Waals surface area contributed by atoms with Crippen molar-refractivity contribution in [2.75, 3.05) is 25.1 Å². The van der Waals surface area contributed by atoms with E-state index in [1.807, 2.05) is 30.3 Å². The topological polar surface area (TPSA) is 124 Å². The normalized spacial score (nSPS) is 10.5. The summed E-state index contributed by atoms with van der Waals surface area (Å²) < 4.78 is 15.3. The van der Waals surface area contributed by atoms with Crippen molar-refractivity contribution in [2.24, 2.45) is 0 Å².